The van der Waals surface area contributed by atoms with E-state index in [1.807, 2.05) is 31.2 Å². The molecule has 1 aliphatic rings. The lowest BCUT2D eigenvalue weighted by Gasteiger charge is -2.27. The zero-order chi connectivity index (χ0) is 19.7. The molecular weight excluding hydrogens is 424 g/mol. The molecule has 1 amide bonds. The molecule has 0 bridgehead atoms. The van der Waals surface area contributed by atoms with Crippen LogP contribution in [0, 0.1) is 6.92 Å². The summed E-state index contributed by atoms with van der Waals surface area (Å²) in [7, 11) is 0. The van der Waals surface area contributed by atoms with Crippen molar-refractivity contribution in [1.29, 1.82) is 0 Å². The minimum Gasteiger partial charge on any atom is -0.492 e. The van der Waals surface area contributed by atoms with Crippen LogP contribution in [-0.4, -0.2) is 32.7 Å². The molecule has 1 aromatic carbocycles. The molecule has 3 aromatic rings. The van der Waals surface area contributed by atoms with Crippen LogP contribution in [0.15, 0.2) is 58.2 Å². The first-order chi connectivity index (χ1) is 13.5. The Morgan fingerprint density at radius 3 is 2.82 bits per heavy atom. The highest BCUT2D eigenvalue weighted by Gasteiger charge is 2.26. The van der Waals surface area contributed by atoms with E-state index in [2.05, 4.69) is 26.2 Å². The van der Waals surface area contributed by atoms with E-state index in [9.17, 15) is 9.59 Å². The van der Waals surface area contributed by atoms with Crippen molar-refractivity contribution in [2.75, 3.05) is 6.61 Å². The largest absolute Gasteiger partial charge is 0.492 e. The number of amides is 1. The van der Waals surface area contributed by atoms with Gasteiger partial charge in [0.05, 0.1) is 29.1 Å². The number of hydrogen-bond acceptors (Lipinski definition) is 4. The third-order valence-corrected chi connectivity index (χ3v) is 5.33. The summed E-state index contributed by atoms with van der Waals surface area (Å²) in [5, 5.41) is 2.95. The van der Waals surface area contributed by atoms with Gasteiger partial charge in [0, 0.05) is 19.2 Å². The summed E-state index contributed by atoms with van der Waals surface area (Å²) in [4.78, 5) is 29.6. The van der Waals surface area contributed by atoms with E-state index in [1.165, 1.54) is 4.57 Å². The smallest absolute Gasteiger partial charge is 0.275 e. The first-order valence-electron chi connectivity index (χ1n) is 8.96. The summed E-state index contributed by atoms with van der Waals surface area (Å²) >= 11 is 3.45. The van der Waals surface area contributed by atoms with Crippen LogP contribution in [0.4, 0.5) is 0 Å². The summed E-state index contributed by atoms with van der Waals surface area (Å²) in [5.74, 6) is 0.502. The van der Waals surface area contributed by atoms with Gasteiger partial charge in [0.15, 0.2) is 0 Å². The van der Waals surface area contributed by atoms with E-state index in [4.69, 9.17) is 4.74 Å². The molecular formula is C20H19BrN4O3. The highest BCUT2D eigenvalue weighted by atomic mass is 79.9. The third-order valence-electron chi connectivity index (χ3n) is 4.68. The SMILES string of the molecule is Cc1cn(-c2ccc3n(c2=O)CC(CCOc2ccccc2Br)NC3=O)cn1. The zero-order valence-electron chi connectivity index (χ0n) is 15.3. The van der Waals surface area contributed by atoms with E-state index in [-0.39, 0.29) is 17.5 Å². The maximum Gasteiger partial charge on any atom is 0.275 e. The topological polar surface area (TPSA) is 78.1 Å². The number of ether oxygens (including phenoxy) is 1. The number of aryl methyl sites for hydroxylation is 1. The number of imidazole rings is 1. The Bertz CT molecular complexity index is 1090. The molecule has 0 spiro atoms. The lowest BCUT2D eigenvalue weighted by Crippen LogP contribution is -2.49. The quantitative estimate of drug-likeness (QED) is 0.658. The minimum absolute atomic E-state index is 0.181. The van der Waals surface area contributed by atoms with Gasteiger partial charge in [-0.15, -0.1) is 0 Å². The number of para-hydroxylation sites is 1. The van der Waals surface area contributed by atoms with Crippen LogP contribution >= 0.6 is 15.9 Å². The number of fused-ring (bicyclic) bond motifs is 1. The standard InChI is InChI=1S/C20H19BrN4O3/c1-13-10-24(12-22-13)17-7-6-16-19(26)23-14(11-25(16)20(17)27)8-9-28-18-5-3-2-4-15(18)21/h2-7,10,12,14H,8-9,11H2,1H3,(H,23,26). The van der Waals surface area contributed by atoms with Crippen LogP contribution in [0.2, 0.25) is 0 Å². The maximum absolute atomic E-state index is 13.0. The number of nitrogens with one attached hydrogen (secondary N) is 1. The van der Waals surface area contributed by atoms with Crippen molar-refractivity contribution in [3.63, 3.8) is 0 Å². The van der Waals surface area contributed by atoms with E-state index in [0.29, 0.717) is 31.0 Å². The van der Waals surface area contributed by atoms with E-state index in [1.54, 1.807) is 29.2 Å². The number of aromatic nitrogens is 3. The number of carbonyl (C=O) groups excluding carboxylic acids is 1. The Hall–Kier alpha value is -2.87. The number of rotatable bonds is 5. The Morgan fingerprint density at radius 2 is 2.07 bits per heavy atom. The van der Waals surface area contributed by atoms with Gasteiger partial charge < -0.3 is 19.2 Å². The Labute approximate surface area is 170 Å². The molecule has 8 heteroatoms. The van der Waals surface area contributed by atoms with Crippen LogP contribution in [0.5, 0.6) is 5.75 Å². The van der Waals surface area contributed by atoms with Gasteiger partial charge >= 0.3 is 0 Å². The van der Waals surface area contributed by atoms with Crippen LogP contribution in [-0.2, 0) is 6.54 Å². The second-order valence-corrected chi connectivity index (χ2v) is 7.53. The first-order valence-corrected chi connectivity index (χ1v) is 9.75. The molecule has 0 saturated heterocycles. The van der Waals surface area contributed by atoms with Gasteiger partial charge in [-0.05, 0) is 47.1 Å². The zero-order valence-corrected chi connectivity index (χ0v) is 16.8. The molecule has 28 heavy (non-hydrogen) atoms. The average molecular weight is 443 g/mol. The molecule has 144 valence electrons. The molecule has 0 saturated carbocycles. The number of hydrogen-bond donors (Lipinski definition) is 1. The number of carbonyl (C=O) groups is 1. The van der Waals surface area contributed by atoms with Crippen molar-refractivity contribution in [2.24, 2.45) is 0 Å². The molecule has 0 radical (unpaired) electrons. The number of pyridine rings is 1. The molecule has 1 aliphatic heterocycles. The van der Waals surface area contributed by atoms with Crippen LogP contribution in [0.3, 0.4) is 0 Å². The maximum atomic E-state index is 13.0. The highest BCUT2D eigenvalue weighted by molar-refractivity contribution is 9.10. The Balaban J connectivity index is 1.51. The van der Waals surface area contributed by atoms with Crippen molar-refractivity contribution in [1.82, 2.24) is 19.4 Å². The fourth-order valence-corrected chi connectivity index (χ4v) is 3.66. The second kappa shape index (κ2) is 7.63. The predicted octanol–water partition coefficient (Wildman–Crippen LogP) is 2.69. The number of halogens is 1. The van der Waals surface area contributed by atoms with Gasteiger partial charge in [0.1, 0.15) is 17.1 Å². The third kappa shape index (κ3) is 3.60. The fourth-order valence-electron chi connectivity index (χ4n) is 3.26. The monoisotopic (exact) mass is 442 g/mol. The van der Waals surface area contributed by atoms with Gasteiger partial charge in [-0.2, -0.15) is 0 Å². The van der Waals surface area contributed by atoms with Crippen molar-refractivity contribution in [3.05, 3.63) is 75.1 Å². The molecule has 7 nitrogen and oxygen atoms in total. The van der Waals surface area contributed by atoms with Gasteiger partial charge in [-0.1, -0.05) is 12.1 Å². The van der Waals surface area contributed by atoms with Gasteiger partial charge in [0.25, 0.3) is 11.5 Å². The molecule has 0 aliphatic carbocycles. The van der Waals surface area contributed by atoms with Crippen molar-refractivity contribution in [3.8, 4) is 11.4 Å². The summed E-state index contributed by atoms with van der Waals surface area (Å²) in [6.07, 6.45) is 3.98. The molecule has 0 fully saturated rings. The van der Waals surface area contributed by atoms with Gasteiger partial charge in [0.2, 0.25) is 0 Å². The summed E-state index contributed by atoms with van der Waals surface area (Å²) in [6.45, 7) is 2.69. The van der Waals surface area contributed by atoms with Crippen molar-refractivity contribution >= 4 is 21.8 Å². The van der Waals surface area contributed by atoms with Crippen molar-refractivity contribution in [2.45, 2.75) is 25.9 Å². The summed E-state index contributed by atoms with van der Waals surface area (Å²) < 4.78 is 9.89. The van der Waals surface area contributed by atoms with E-state index in [0.717, 1.165) is 15.9 Å². The lowest BCUT2D eigenvalue weighted by atomic mass is 10.1. The number of nitrogens with zero attached hydrogens (tertiary/aromatic N) is 3. The molecule has 1 unspecified atom stereocenters. The van der Waals surface area contributed by atoms with Gasteiger partial charge in [-0.25, -0.2) is 4.98 Å². The minimum atomic E-state index is -0.248. The van der Waals surface area contributed by atoms with E-state index < -0.39 is 0 Å². The molecule has 1 N–H and O–H groups in total. The first kappa shape index (κ1) is 18.5. The predicted molar refractivity (Wildman–Crippen MR) is 108 cm³/mol. The molecule has 3 heterocycles. The van der Waals surface area contributed by atoms with E-state index >= 15 is 0 Å². The Morgan fingerprint density at radius 1 is 1.25 bits per heavy atom. The summed E-state index contributed by atoms with van der Waals surface area (Å²) in [6, 6.07) is 10.8. The highest BCUT2D eigenvalue weighted by Crippen LogP contribution is 2.24. The Kier molecular flexibility index (Phi) is 5.04. The molecule has 2 aromatic heterocycles. The van der Waals surface area contributed by atoms with Crippen LogP contribution < -0.4 is 15.6 Å². The van der Waals surface area contributed by atoms with Crippen molar-refractivity contribution < 1.29 is 9.53 Å². The molecule has 1 atom stereocenters. The van der Waals surface area contributed by atoms with Gasteiger partial charge in [-0.3, -0.25) is 9.59 Å². The number of benzene rings is 1. The fraction of sp³-hybridized carbons (Fsp3) is 0.250. The average Bonchev–Trinajstić information content (AvgIpc) is 3.10. The molecule has 4 rings (SSSR count). The lowest BCUT2D eigenvalue weighted by molar-refractivity contribution is 0.0889. The van der Waals surface area contributed by atoms with Crippen LogP contribution in [0.25, 0.3) is 5.69 Å². The second-order valence-electron chi connectivity index (χ2n) is 6.68. The summed E-state index contributed by atoms with van der Waals surface area (Å²) in [5.41, 5.74) is 1.46. The normalized spacial score (nSPS) is 15.8. The van der Waals surface area contributed by atoms with Crippen LogP contribution in [0.1, 0.15) is 22.6 Å².